The first-order chi connectivity index (χ1) is 12.7. The molecule has 136 valence electrons. The standard InChI is InChI=1S/C22H28N4/c1-3-23-22(25-17-20-8-6-7-18(2)15-20)24-16-19-9-11-21(12-10-19)26-13-4-5-14-26/h4-12,15H,3,13-14,16-17H2,1-2H3,(H2,23,24,25). The molecule has 1 heterocycles. The molecular formula is C22H28N4. The van der Waals surface area contributed by atoms with E-state index in [9.17, 15) is 0 Å². The summed E-state index contributed by atoms with van der Waals surface area (Å²) in [6.45, 7) is 8.50. The Morgan fingerprint density at radius 1 is 1.00 bits per heavy atom. The Hall–Kier alpha value is -2.75. The molecule has 2 aromatic rings. The number of aryl methyl sites for hydroxylation is 1. The van der Waals surface area contributed by atoms with Crippen molar-refractivity contribution in [1.82, 2.24) is 10.6 Å². The molecule has 4 heteroatoms. The van der Waals surface area contributed by atoms with Gasteiger partial charge in [0.25, 0.3) is 0 Å². The maximum absolute atomic E-state index is 4.70. The fraction of sp³-hybridized carbons (Fsp3) is 0.318. The highest BCUT2D eigenvalue weighted by Crippen LogP contribution is 2.17. The van der Waals surface area contributed by atoms with Crippen LogP contribution in [-0.2, 0) is 13.1 Å². The number of nitrogens with zero attached hydrogens (tertiary/aromatic N) is 2. The van der Waals surface area contributed by atoms with E-state index >= 15 is 0 Å². The normalized spacial score (nSPS) is 13.9. The van der Waals surface area contributed by atoms with Gasteiger partial charge >= 0.3 is 0 Å². The smallest absolute Gasteiger partial charge is 0.191 e. The van der Waals surface area contributed by atoms with Crippen molar-refractivity contribution < 1.29 is 0 Å². The molecule has 0 saturated heterocycles. The van der Waals surface area contributed by atoms with Crippen LogP contribution in [0.15, 0.2) is 65.7 Å². The predicted octanol–water partition coefficient (Wildman–Crippen LogP) is 3.63. The Labute approximate surface area is 156 Å². The molecule has 0 amide bonds. The van der Waals surface area contributed by atoms with E-state index in [1.54, 1.807) is 0 Å². The van der Waals surface area contributed by atoms with E-state index in [1.807, 2.05) is 0 Å². The van der Waals surface area contributed by atoms with Crippen LogP contribution < -0.4 is 15.5 Å². The van der Waals surface area contributed by atoms with Gasteiger partial charge in [0.1, 0.15) is 0 Å². The molecule has 3 rings (SSSR count). The largest absolute Gasteiger partial charge is 0.364 e. The zero-order chi connectivity index (χ0) is 18.2. The highest BCUT2D eigenvalue weighted by molar-refractivity contribution is 5.79. The number of hydrogen-bond donors (Lipinski definition) is 2. The first-order valence-corrected chi connectivity index (χ1v) is 9.31. The lowest BCUT2D eigenvalue weighted by Crippen LogP contribution is -2.36. The van der Waals surface area contributed by atoms with Crippen LogP contribution in [0, 0.1) is 6.92 Å². The highest BCUT2D eigenvalue weighted by atomic mass is 15.2. The Kier molecular flexibility index (Phi) is 6.31. The molecule has 1 aliphatic rings. The topological polar surface area (TPSA) is 39.7 Å². The summed E-state index contributed by atoms with van der Waals surface area (Å²) in [5.41, 5.74) is 5.02. The fourth-order valence-corrected chi connectivity index (χ4v) is 3.02. The summed E-state index contributed by atoms with van der Waals surface area (Å²) in [7, 11) is 0. The maximum Gasteiger partial charge on any atom is 0.191 e. The molecule has 26 heavy (non-hydrogen) atoms. The molecule has 0 aliphatic carbocycles. The minimum Gasteiger partial charge on any atom is -0.364 e. The summed E-state index contributed by atoms with van der Waals surface area (Å²) in [4.78, 5) is 7.05. The third-order valence-corrected chi connectivity index (χ3v) is 4.43. The summed E-state index contributed by atoms with van der Waals surface area (Å²) < 4.78 is 0. The molecule has 0 aromatic heterocycles. The third kappa shape index (κ3) is 5.12. The van der Waals surface area contributed by atoms with Gasteiger partial charge in [0.15, 0.2) is 5.96 Å². The van der Waals surface area contributed by atoms with Gasteiger partial charge in [0, 0.05) is 31.9 Å². The van der Waals surface area contributed by atoms with Gasteiger partial charge in [0.2, 0.25) is 0 Å². The summed E-state index contributed by atoms with van der Waals surface area (Å²) in [5, 5.41) is 6.74. The minimum atomic E-state index is 0.678. The van der Waals surface area contributed by atoms with Crippen molar-refractivity contribution in [3.8, 4) is 0 Å². The second kappa shape index (κ2) is 9.09. The summed E-state index contributed by atoms with van der Waals surface area (Å²) in [5.74, 6) is 0.849. The highest BCUT2D eigenvalue weighted by Gasteiger charge is 2.07. The van der Waals surface area contributed by atoms with Crippen LogP contribution in [0.25, 0.3) is 0 Å². The Balaban J connectivity index is 1.56. The van der Waals surface area contributed by atoms with E-state index < -0.39 is 0 Å². The van der Waals surface area contributed by atoms with Crippen LogP contribution in [0.4, 0.5) is 5.69 Å². The predicted molar refractivity (Wildman–Crippen MR) is 111 cm³/mol. The molecule has 1 aliphatic heterocycles. The molecule has 2 N–H and O–H groups in total. The number of aliphatic imine (C=N–C) groups is 1. The monoisotopic (exact) mass is 348 g/mol. The van der Waals surface area contributed by atoms with E-state index in [-0.39, 0.29) is 0 Å². The Morgan fingerprint density at radius 3 is 2.46 bits per heavy atom. The quantitative estimate of drug-likeness (QED) is 0.476. The van der Waals surface area contributed by atoms with E-state index in [0.717, 1.165) is 32.1 Å². The zero-order valence-electron chi connectivity index (χ0n) is 15.7. The van der Waals surface area contributed by atoms with Gasteiger partial charge in [0.05, 0.1) is 6.54 Å². The van der Waals surface area contributed by atoms with Gasteiger partial charge in [-0.05, 0) is 37.1 Å². The zero-order valence-corrected chi connectivity index (χ0v) is 15.7. The lowest BCUT2D eigenvalue weighted by molar-refractivity contribution is 0.816. The Bertz CT molecular complexity index is 754. The van der Waals surface area contributed by atoms with Crippen molar-refractivity contribution in [3.63, 3.8) is 0 Å². The molecule has 0 unspecified atom stereocenters. The molecule has 0 spiro atoms. The van der Waals surface area contributed by atoms with Crippen LogP contribution in [0.2, 0.25) is 0 Å². The van der Waals surface area contributed by atoms with E-state index in [0.29, 0.717) is 6.54 Å². The number of nitrogens with one attached hydrogen (secondary N) is 2. The van der Waals surface area contributed by atoms with Crippen LogP contribution in [0.5, 0.6) is 0 Å². The number of anilines is 1. The molecule has 0 fully saturated rings. The molecular weight excluding hydrogens is 320 g/mol. The SMILES string of the molecule is CCNC(=NCc1cccc(C)c1)NCc1ccc(N2CC=CC2)cc1. The average molecular weight is 348 g/mol. The fourth-order valence-electron chi connectivity index (χ4n) is 3.02. The van der Waals surface area contributed by atoms with E-state index in [2.05, 4.69) is 90.1 Å². The molecule has 0 atom stereocenters. The van der Waals surface area contributed by atoms with Crippen LogP contribution in [0.3, 0.4) is 0 Å². The minimum absolute atomic E-state index is 0.678. The van der Waals surface area contributed by atoms with Crippen LogP contribution >= 0.6 is 0 Å². The van der Waals surface area contributed by atoms with Gasteiger partial charge in [-0.1, -0.05) is 54.1 Å². The number of rotatable bonds is 6. The van der Waals surface area contributed by atoms with Gasteiger partial charge in [-0.2, -0.15) is 0 Å². The van der Waals surface area contributed by atoms with Crippen LogP contribution in [0.1, 0.15) is 23.6 Å². The van der Waals surface area contributed by atoms with Gasteiger partial charge < -0.3 is 15.5 Å². The van der Waals surface area contributed by atoms with Crippen LogP contribution in [-0.4, -0.2) is 25.6 Å². The Morgan fingerprint density at radius 2 is 1.77 bits per heavy atom. The van der Waals surface area contributed by atoms with Crippen molar-refractivity contribution in [1.29, 1.82) is 0 Å². The average Bonchev–Trinajstić information content (AvgIpc) is 3.19. The second-order valence-electron chi connectivity index (χ2n) is 6.58. The van der Waals surface area contributed by atoms with Crippen molar-refractivity contribution in [2.45, 2.75) is 26.9 Å². The first kappa shape index (κ1) is 18.1. The molecule has 0 bridgehead atoms. The summed E-state index contributed by atoms with van der Waals surface area (Å²) in [6.07, 6.45) is 4.42. The number of hydrogen-bond acceptors (Lipinski definition) is 2. The van der Waals surface area contributed by atoms with Crippen molar-refractivity contribution >= 4 is 11.6 Å². The molecule has 0 saturated carbocycles. The number of guanidine groups is 1. The van der Waals surface area contributed by atoms with Gasteiger partial charge in [-0.15, -0.1) is 0 Å². The second-order valence-corrected chi connectivity index (χ2v) is 6.58. The van der Waals surface area contributed by atoms with Crippen molar-refractivity contribution in [2.24, 2.45) is 4.99 Å². The lowest BCUT2D eigenvalue weighted by atomic mass is 10.1. The molecule has 0 radical (unpaired) electrons. The van der Waals surface area contributed by atoms with E-state index in [4.69, 9.17) is 4.99 Å². The van der Waals surface area contributed by atoms with Gasteiger partial charge in [-0.25, -0.2) is 4.99 Å². The molecule has 2 aromatic carbocycles. The number of benzene rings is 2. The maximum atomic E-state index is 4.70. The summed E-state index contributed by atoms with van der Waals surface area (Å²) >= 11 is 0. The third-order valence-electron chi connectivity index (χ3n) is 4.43. The molecule has 4 nitrogen and oxygen atoms in total. The lowest BCUT2D eigenvalue weighted by Gasteiger charge is -2.18. The van der Waals surface area contributed by atoms with Crippen molar-refractivity contribution in [3.05, 3.63) is 77.4 Å². The first-order valence-electron chi connectivity index (χ1n) is 9.31. The van der Waals surface area contributed by atoms with Gasteiger partial charge in [-0.3, -0.25) is 0 Å². The summed E-state index contributed by atoms with van der Waals surface area (Å²) in [6, 6.07) is 17.2. The van der Waals surface area contributed by atoms with E-state index in [1.165, 1.54) is 22.4 Å². The van der Waals surface area contributed by atoms with Crippen molar-refractivity contribution in [2.75, 3.05) is 24.5 Å².